The Morgan fingerprint density at radius 1 is 1.52 bits per heavy atom. The van der Waals surface area contributed by atoms with Gasteiger partial charge in [-0.3, -0.25) is 9.30 Å². The van der Waals surface area contributed by atoms with Crippen LogP contribution < -0.4 is 0 Å². The largest absolute Gasteiger partial charge is 0.445 e. The molecular formula is C20H31N3O4SSi. The van der Waals surface area contributed by atoms with E-state index < -0.39 is 33.5 Å². The van der Waals surface area contributed by atoms with Gasteiger partial charge in [-0.05, 0) is 24.9 Å². The van der Waals surface area contributed by atoms with Gasteiger partial charge in [-0.15, -0.1) is 11.3 Å². The smallest absolute Gasteiger partial charge is 0.412 e. The molecule has 1 amide bonds. The Bertz CT molecular complexity index is 859. The molecule has 9 heteroatoms. The Labute approximate surface area is 177 Å². The Morgan fingerprint density at radius 2 is 2.24 bits per heavy atom. The summed E-state index contributed by atoms with van der Waals surface area (Å²) in [5.41, 5.74) is 0.627. The first-order valence-electron chi connectivity index (χ1n) is 9.94. The third-order valence-electron chi connectivity index (χ3n) is 5.38. The lowest BCUT2D eigenvalue weighted by Crippen LogP contribution is -2.48. The molecule has 2 aromatic heterocycles. The minimum absolute atomic E-state index is 0.0743. The fourth-order valence-electron chi connectivity index (χ4n) is 3.97. The van der Waals surface area contributed by atoms with Crippen LogP contribution in [0.25, 0.3) is 4.83 Å². The molecule has 3 rings (SSSR count). The minimum Gasteiger partial charge on any atom is -0.445 e. The zero-order valence-corrected chi connectivity index (χ0v) is 19.7. The normalized spacial score (nSPS) is 23.7. The highest BCUT2D eigenvalue weighted by Crippen LogP contribution is 2.46. The maximum atomic E-state index is 13.0. The summed E-state index contributed by atoms with van der Waals surface area (Å²) in [5, 5.41) is 13.3. The average Bonchev–Trinajstić information content (AvgIpc) is 3.31. The van der Waals surface area contributed by atoms with Crippen molar-refractivity contribution in [2.75, 3.05) is 6.61 Å². The van der Waals surface area contributed by atoms with Crippen LogP contribution in [-0.4, -0.2) is 53.4 Å². The van der Waals surface area contributed by atoms with Crippen LogP contribution in [0, 0.1) is 11.3 Å². The van der Waals surface area contributed by atoms with Crippen LogP contribution in [0.4, 0.5) is 4.79 Å². The zero-order valence-electron chi connectivity index (χ0n) is 17.7. The van der Waals surface area contributed by atoms with E-state index in [1.165, 1.54) is 11.3 Å². The molecule has 0 radical (unpaired) electrons. The number of aliphatic hydroxyl groups is 1. The summed E-state index contributed by atoms with van der Waals surface area (Å²) in [5.74, 6) is 0.0743. The first kappa shape index (κ1) is 22.0. The third-order valence-corrected chi connectivity index (χ3v) is 7.11. The van der Waals surface area contributed by atoms with Gasteiger partial charge < -0.3 is 14.3 Å². The number of carbonyl (C=O) groups is 1. The van der Waals surface area contributed by atoms with Gasteiger partial charge in [0.1, 0.15) is 30.1 Å². The number of carbonyl (C=O) groups excluding carboxylic acids is 1. The Balaban J connectivity index is 2.00. The Hall–Kier alpha value is -1.68. The van der Waals surface area contributed by atoms with Gasteiger partial charge in [-0.2, -0.15) is 0 Å². The van der Waals surface area contributed by atoms with Crippen LogP contribution >= 0.6 is 11.3 Å². The molecule has 0 saturated carbocycles. The molecule has 3 heterocycles. The van der Waals surface area contributed by atoms with Crippen molar-refractivity contribution in [3.05, 3.63) is 36.3 Å². The van der Waals surface area contributed by atoms with Gasteiger partial charge in [0, 0.05) is 11.3 Å². The lowest BCUT2D eigenvalue weighted by molar-refractivity contribution is -0.0302. The highest BCUT2D eigenvalue weighted by Gasteiger charge is 2.52. The maximum absolute atomic E-state index is 13.0. The Morgan fingerprint density at radius 3 is 2.86 bits per heavy atom. The number of amides is 1. The van der Waals surface area contributed by atoms with Crippen molar-refractivity contribution in [3.63, 3.8) is 0 Å². The molecular weight excluding hydrogens is 406 g/mol. The van der Waals surface area contributed by atoms with Gasteiger partial charge >= 0.3 is 6.09 Å². The average molecular weight is 438 g/mol. The van der Waals surface area contributed by atoms with Crippen molar-refractivity contribution in [2.45, 2.75) is 58.7 Å². The van der Waals surface area contributed by atoms with Gasteiger partial charge in [-0.25, -0.2) is 9.78 Å². The first-order chi connectivity index (χ1) is 13.6. The van der Waals surface area contributed by atoms with Crippen molar-refractivity contribution >= 4 is 31.3 Å². The molecule has 0 aromatic carbocycles. The predicted octanol–water partition coefficient (Wildman–Crippen LogP) is 3.81. The monoisotopic (exact) mass is 437 g/mol. The number of likely N-dealkylation sites (tertiary alicyclic amines) is 1. The number of rotatable bonds is 6. The van der Waals surface area contributed by atoms with Crippen LogP contribution in [-0.2, 0) is 9.16 Å². The summed E-state index contributed by atoms with van der Waals surface area (Å²) in [6.07, 6.45) is 3.86. The molecule has 7 nitrogen and oxygen atoms in total. The summed E-state index contributed by atoms with van der Waals surface area (Å²) in [6, 6.07) is -0.450. The van der Waals surface area contributed by atoms with Crippen LogP contribution in [0.5, 0.6) is 0 Å². The Kier molecular flexibility index (Phi) is 6.52. The third kappa shape index (κ3) is 4.42. The van der Waals surface area contributed by atoms with Crippen LogP contribution in [0.3, 0.4) is 0 Å². The molecule has 29 heavy (non-hydrogen) atoms. The fourth-order valence-corrected chi connectivity index (χ4v) is 5.73. The number of hydrogen-bond donors (Lipinski definition) is 1. The standard InChI is InChI=1S/C20H31N3O4SSi/c1-7-8-26-19(25)23-14(9-13(20(2,3)4)18(23)27-29(5)6)17(24)15-11-28-16-10-21-12-22(15)16/h7,10-14,17-18,24,29H,1,8-9H2,2-6H3/t13-,14-,17?,18?/m0/s1. The quantitative estimate of drug-likeness (QED) is 0.549. The van der Waals surface area contributed by atoms with E-state index in [2.05, 4.69) is 45.4 Å². The number of ether oxygens (including phenoxy) is 1. The molecule has 1 N–H and O–H groups in total. The molecule has 160 valence electrons. The molecule has 2 unspecified atom stereocenters. The van der Waals surface area contributed by atoms with E-state index in [4.69, 9.17) is 9.16 Å². The van der Waals surface area contributed by atoms with Crippen molar-refractivity contribution in [1.82, 2.24) is 14.3 Å². The van der Waals surface area contributed by atoms with Gasteiger partial charge in [0.05, 0.1) is 17.9 Å². The van der Waals surface area contributed by atoms with Crippen LogP contribution in [0.15, 0.2) is 30.6 Å². The second-order valence-corrected chi connectivity index (χ2v) is 12.1. The summed E-state index contributed by atoms with van der Waals surface area (Å²) >= 11 is 1.52. The predicted molar refractivity (Wildman–Crippen MR) is 117 cm³/mol. The van der Waals surface area contributed by atoms with E-state index in [0.717, 1.165) is 10.5 Å². The summed E-state index contributed by atoms with van der Waals surface area (Å²) in [6.45, 7) is 14.4. The SMILES string of the molecule is C=CCOC(=O)N1C(O[SiH](C)C)[C@@H](C(C)(C)C)C[C@H]1C(O)c1csc2cncn12. The van der Waals surface area contributed by atoms with Crippen LogP contribution in [0.1, 0.15) is 39.0 Å². The van der Waals surface area contributed by atoms with Gasteiger partial charge in [-0.1, -0.05) is 33.4 Å². The van der Waals surface area contributed by atoms with E-state index in [0.29, 0.717) is 6.42 Å². The minimum atomic E-state index is -1.46. The molecule has 0 spiro atoms. The van der Waals surface area contributed by atoms with E-state index in [1.54, 1.807) is 23.5 Å². The second kappa shape index (κ2) is 8.59. The second-order valence-electron chi connectivity index (χ2n) is 8.83. The van der Waals surface area contributed by atoms with Gasteiger partial charge in [0.15, 0.2) is 9.04 Å². The number of imidazole rings is 1. The van der Waals surface area contributed by atoms with E-state index in [1.807, 2.05) is 9.78 Å². The number of hydrogen-bond acceptors (Lipinski definition) is 6. The summed E-state index contributed by atoms with van der Waals surface area (Å²) < 4.78 is 13.6. The topological polar surface area (TPSA) is 76.3 Å². The summed E-state index contributed by atoms with van der Waals surface area (Å²) in [7, 11) is -1.46. The number of fused-ring (bicyclic) bond motifs is 1. The number of nitrogens with zero attached hydrogens (tertiary/aromatic N) is 3. The molecule has 1 aliphatic heterocycles. The molecule has 1 fully saturated rings. The molecule has 4 atom stereocenters. The van der Waals surface area contributed by atoms with Crippen molar-refractivity contribution in [2.24, 2.45) is 11.3 Å². The number of aliphatic hydroxyl groups excluding tert-OH is 1. The van der Waals surface area contributed by atoms with Crippen molar-refractivity contribution in [3.8, 4) is 0 Å². The van der Waals surface area contributed by atoms with E-state index in [9.17, 15) is 9.90 Å². The highest BCUT2D eigenvalue weighted by atomic mass is 32.1. The van der Waals surface area contributed by atoms with E-state index in [-0.39, 0.29) is 17.9 Å². The van der Waals surface area contributed by atoms with Crippen molar-refractivity contribution in [1.29, 1.82) is 0 Å². The molecule has 0 bridgehead atoms. The lowest BCUT2D eigenvalue weighted by Gasteiger charge is -2.36. The fraction of sp³-hybridized carbons (Fsp3) is 0.600. The summed E-state index contributed by atoms with van der Waals surface area (Å²) in [4.78, 5) is 19.8. The number of thiazole rings is 1. The van der Waals surface area contributed by atoms with Crippen molar-refractivity contribution < 1.29 is 19.1 Å². The molecule has 2 aromatic rings. The zero-order chi connectivity index (χ0) is 21.3. The first-order valence-corrected chi connectivity index (χ1v) is 13.6. The maximum Gasteiger partial charge on any atom is 0.412 e. The van der Waals surface area contributed by atoms with Gasteiger partial charge in [0.25, 0.3) is 0 Å². The lowest BCUT2D eigenvalue weighted by atomic mass is 9.78. The van der Waals surface area contributed by atoms with Crippen LogP contribution in [0.2, 0.25) is 13.1 Å². The van der Waals surface area contributed by atoms with E-state index >= 15 is 0 Å². The molecule has 1 saturated heterocycles. The molecule has 0 aliphatic carbocycles. The number of aromatic nitrogens is 2. The highest BCUT2D eigenvalue weighted by molar-refractivity contribution is 7.15. The van der Waals surface area contributed by atoms with Gasteiger partial charge in [0.2, 0.25) is 0 Å². The molecule has 1 aliphatic rings.